The molecule has 0 fully saturated rings. The van der Waals surface area contributed by atoms with Gasteiger partial charge in [0, 0.05) is 17.9 Å². The molecule has 0 aromatic heterocycles. The summed E-state index contributed by atoms with van der Waals surface area (Å²) >= 11 is 0. The minimum atomic E-state index is -0.130. The van der Waals surface area contributed by atoms with Crippen molar-refractivity contribution in [3.8, 4) is 0 Å². The molecular formula is C29H37N3O. The first-order valence-corrected chi connectivity index (χ1v) is 12.0. The van der Waals surface area contributed by atoms with Gasteiger partial charge in [0.05, 0.1) is 5.69 Å². The van der Waals surface area contributed by atoms with E-state index in [4.69, 9.17) is 5.73 Å². The number of nitrogens with zero attached hydrogens (tertiary/aromatic N) is 1. The number of nitrogen functional groups attached to an aromatic ring is 1. The van der Waals surface area contributed by atoms with Crippen molar-refractivity contribution < 1.29 is 4.79 Å². The number of anilines is 3. The molecule has 0 aliphatic rings. The second-order valence-electron chi connectivity index (χ2n) is 8.94. The van der Waals surface area contributed by atoms with Crippen LogP contribution in [-0.2, 0) is 19.3 Å². The molecular weight excluding hydrogens is 406 g/mol. The first-order valence-electron chi connectivity index (χ1n) is 12.0. The molecule has 4 heteroatoms. The summed E-state index contributed by atoms with van der Waals surface area (Å²) in [5.74, 6) is 0.445. The molecule has 0 unspecified atom stereocenters. The van der Waals surface area contributed by atoms with Crippen molar-refractivity contribution in [3.05, 3.63) is 88.5 Å². The van der Waals surface area contributed by atoms with Crippen molar-refractivity contribution in [2.45, 2.75) is 59.8 Å². The summed E-state index contributed by atoms with van der Waals surface area (Å²) in [6.45, 7) is 11.2. The average molecular weight is 444 g/mol. The first-order chi connectivity index (χ1) is 15.8. The summed E-state index contributed by atoms with van der Waals surface area (Å²) in [5.41, 5.74) is 14.5. The van der Waals surface area contributed by atoms with Crippen LogP contribution < -0.4 is 16.0 Å². The Morgan fingerprint density at radius 2 is 1.61 bits per heavy atom. The predicted octanol–water partition coefficient (Wildman–Crippen LogP) is 7.11. The lowest BCUT2D eigenvalue weighted by molar-refractivity contribution is 0.257. The molecule has 0 spiro atoms. The van der Waals surface area contributed by atoms with Crippen LogP contribution in [0, 0.1) is 6.92 Å². The number of nitrogens with two attached hydrogens (primary N) is 1. The number of carbonyl (C=O) groups excluding carboxylic acids is 1. The van der Waals surface area contributed by atoms with Crippen molar-refractivity contribution in [2.75, 3.05) is 22.5 Å². The van der Waals surface area contributed by atoms with Gasteiger partial charge in [0.1, 0.15) is 0 Å². The molecule has 0 bridgehead atoms. The fourth-order valence-corrected chi connectivity index (χ4v) is 4.10. The van der Waals surface area contributed by atoms with Crippen LogP contribution in [0.4, 0.5) is 21.9 Å². The minimum Gasteiger partial charge on any atom is -0.398 e. The van der Waals surface area contributed by atoms with Gasteiger partial charge in [-0.3, -0.25) is 4.90 Å². The first kappa shape index (κ1) is 24.4. The lowest BCUT2D eigenvalue weighted by Gasteiger charge is -2.26. The van der Waals surface area contributed by atoms with E-state index in [1.807, 2.05) is 29.2 Å². The number of aryl methyl sites for hydroxylation is 2. The van der Waals surface area contributed by atoms with E-state index in [1.165, 1.54) is 16.7 Å². The van der Waals surface area contributed by atoms with Crippen LogP contribution in [0.25, 0.3) is 0 Å². The van der Waals surface area contributed by atoms with Gasteiger partial charge in [0.25, 0.3) is 0 Å². The van der Waals surface area contributed by atoms with E-state index in [0.29, 0.717) is 12.5 Å². The summed E-state index contributed by atoms with van der Waals surface area (Å²) in [4.78, 5) is 15.5. The van der Waals surface area contributed by atoms with Gasteiger partial charge in [0.15, 0.2) is 0 Å². The zero-order chi connectivity index (χ0) is 24.0. The third kappa shape index (κ3) is 5.95. The Labute approximate surface area is 198 Å². The van der Waals surface area contributed by atoms with Crippen LogP contribution in [-0.4, -0.2) is 12.6 Å². The highest BCUT2D eigenvalue weighted by molar-refractivity contribution is 6.03. The molecule has 0 saturated carbocycles. The SMILES string of the molecule is CCc1ccc(N)c(CC)c1NC(=O)N(CCc1ccc(C)cc1)c1ccc(C(C)C)cc1. The van der Waals surface area contributed by atoms with E-state index >= 15 is 0 Å². The van der Waals surface area contributed by atoms with Crippen molar-refractivity contribution in [1.82, 2.24) is 0 Å². The monoisotopic (exact) mass is 443 g/mol. The summed E-state index contributed by atoms with van der Waals surface area (Å²) in [7, 11) is 0. The summed E-state index contributed by atoms with van der Waals surface area (Å²) in [6, 6.07) is 20.6. The van der Waals surface area contributed by atoms with Gasteiger partial charge >= 0.3 is 6.03 Å². The molecule has 3 aromatic carbocycles. The maximum absolute atomic E-state index is 13.6. The van der Waals surface area contributed by atoms with Crippen LogP contribution >= 0.6 is 0 Å². The van der Waals surface area contributed by atoms with Crippen molar-refractivity contribution in [3.63, 3.8) is 0 Å². The Hall–Kier alpha value is -3.27. The second kappa shape index (κ2) is 11.0. The third-order valence-corrected chi connectivity index (χ3v) is 6.26. The van der Waals surface area contributed by atoms with Crippen molar-refractivity contribution >= 4 is 23.1 Å². The number of hydrogen-bond donors (Lipinski definition) is 2. The molecule has 3 N–H and O–H groups in total. The minimum absolute atomic E-state index is 0.130. The largest absolute Gasteiger partial charge is 0.398 e. The zero-order valence-electron chi connectivity index (χ0n) is 20.6. The molecule has 2 amide bonds. The fraction of sp³-hybridized carbons (Fsp3) is 0.345. The molecule has 0 radical (unpaired) electrons. The highest BCUT2D eigenvalue weighted by atomic mass is 16.2. The van der Waals surface area contributed by atoms with Crippen LogP contribution in [0.2, 0.25) is 0 Å². The van der Waals surface area contributed by atoms with Gasteiger partial charge in [-0.2, -0.15) is 0 Å². The third-order valence-electron chi connectivity index (χ3n) is 6.26. The van der Waals surface area contributed by atoms with Crippen LogP contribution in [0.15, 0.2) is 60.7 Å². The molecule has 4 nitrogen and oxygen atoms in total. The molecule has 174 valence electrons. The fourth-order valence-electron chi connectivity index (χ4n) is 4.10. The van der Waals surface area contributed by atoms with Gasteiger partial charge in [-0.05, 0) is 72.6 Å². The van der Waals surface area contributed by atoms with Gasteiger partial charge < -0.3 is 11.1 Å². The van der Waals surface area contributed by atoms with E-state index in [9.17, 15) is 4.79 Å². The average Bonchev–Trinajstić information content (AvgIpc) is 2.81. The normalized spacial score (nSPS) is 11.0. The molecule has 0 aliphatic carbocycles. The molecule has 0 aliphatic heterocycles. The van der Waals surface area contributed by atoms with Gasteiger partial charge in [-0.1, -0.05) is 75.7 Å². The molecule has 33 heavy (non-hydrogen) atoms. The van der Waals surface area contributed by atoms with Crippen molar-refractivity contribution in [2.24, 2.45) is 0 Å². The van der Waals surface area contributed by atoms with Gasteiger partial charge in [-0.15, -0.1) is 0 Å². The summed E-state index contributed by atoms with van der Waals surface area (Å²) in [6.07, 6.45) is 2.37. The predicted molar refractivity (Wildman–Crippen MR) is 141 cm³/mol. The number of benzene rings is 3. The molecule has 3 aromatic rings. The molecule has 0 heterocycles. The Balaban J connectivity index is 1.92. The number of urea groups is 1. The van der Waals surface area contributed by atoms with E-state index in [-0.39, 0.29) is 6.03 Å². The highest BCUT2D eigenvalue weighted by Gasteiger charge is 2.20. The number of rotatable bonds is 8. The molecule has 3 rings (SSSR count). The number of carbonyl (C=O) groups is 1. The van der Waals surface area contributed by atoms with Gasteiger partial charge in [0.2, 0.25) is 0 Å². The smallest absolute Gasteiger partial charge is 0.326 e. The maximum Gasteiger partial charge on any atom is 0.326 e. The van der Waals surface area contributed by atoms with E-state index in [2.05, 4.69) is 76.3 Å². The maximum atomic E-state index is 13.6. The summed E-state index contributed by atoms with van der Waals surface area (Å²) < 4.78 is 0. The van der Waals surface area contributed by atoms with E-state index in [1.54, 1.807) is 0 Å². The highest BCUT2D eigenvalue weighted by Crippen LogP contribution is 2.29. The second-order valence-corrected chi connectivity index (χ2v) is 8.94. The quantitative estimate of drug-likeness (QED) is 0.365. The Morgan fingerprint density at radius 3 is 2.18 bits per heavy atom. The number of amides is 2. The molecule has 0 saturated heterocycles. The Kier molecular flexibility index (Phi) is 8.16. The topological polar surface area (TPSA) is 58.4 Å². The van der Waals surface area contributed by atoms with Crippen LogP contribution in [0.1, 0.15) is 61.4 Å². The van der Waals surface area contributed by atoms with Crippen LogP contribution in [0.5, 0.6) is 0 Å². The van der Waals surface area contributed by atoms with E-state index in [0.717, 1.165) is 47.5 Å². The number of nitrogens with one attached hydrogen (secondary N) is 1. The molecule has 0 atom stereocenters. The van der Waals surface area contributed by atoms with Crippen molar-refractivity contribution in [1.29, 1.82) is 0 Å². The van der Waals surface area contributed by atoms with Crippen LogP contribution in [0.3, 0.4) is 0 Å². The van der Waals surface area contributed by atoms with Gasteiger partial charge in [-0.25, -0.2) is 4.79 Å². The number of hydrogen-bond acceptors (Lipinski definition) is 2. The van der Waals surface area contributed by atoms with E-state index < -0.39 is 0 Å². The standard InChI is InChI=1S/C29H37N3O/c1-6-23-14-17-27(30)26(7-2)28(23)31-29(33)32(19-18-22-10-8-21(5)9-11-22)25-15-12-24(13-16-25)20(3)4/h8-17,20H,6-7,18-19,30H2,1-5H3,(H,31,33). The lowest BCUT2D eigenvalue weighted by atomic mass is 10.0. The lowest BCUT2D eigenvalue weighted by Crippen LogP contribution is -2.37. The zero-order valence-corrected chi connectivity index (χ0v) is 20.6. The summed E-state index contributed by atoms with van der Waals surface area (Å²) in [5, 5.41) is 3.21. The Bertz CT molecular complexity index is 1070. The Morgan fingerprint density at radius 1 is 0.939 bits per heavy atom.